The number of nitrogens with zero attached hydrogens (tertiary/aromatic N) is 8. The number of hydrogen-bond acceptors (Lipinski definition) is 10. The fourth-order valence-corrected chi connectivity index (χ4v) is 6.87. The van der Waals surface area contributed by atoms with E-state index in [0.29, 0.717) is 57.9 Å². The molecule has 3 aliphatic rings. The highest BCUT2D eigenvalue weighted by molar-refractivity contribution is 5.96. The number of nitriles is 1. The van der Waals surface area contributed by atoms with Crippen molar-refractivity contribution in [1.29, 1.82) is 5.26 Å². The van der Waals surface area contributed by atoms with Gasteiger partial charge in [-0.3, -0.25) is 14.7 Å². The fraction of sp³-hybridized carbons (Fsp3) is 0.514. The van der Waals surface area contributed by atoms with Crippen LogP contribution in [-0.4, -0.2) is 101 Å². The van der Waals surface area contributed by atoms with Gasteiger partial charge in [0.15, 0.2) is 5.83 Å². The van der Waals surface area contributed by atoms with Gasteiger partial charge in [0.2, 0.25) is 0 Å². The number of aryl methyl sites for hydroxylation is 1. The predicted octanol–water partition coefficient (Wildman–Crippen LogP) is 4.19. The maximum Gasteiger partial charge on any atom is 0.318 e. The monoisotopic (exact) mass is 642 g/mol. The van der Waals surface area contributed by atoms with Crippen molar-refractivity contribution in [1.82, 2.24) is 24.8 Å². The van der Waals surface area contributed by atoms with Gasteiger partial charge in [0.25, 0.3) is 5.91 Å². The molecule has 6 rings (SSSR count). The van der Waals surface area contributed by atoms with Gasteiger partial charge in [-0.15, -0.1) is 0 Å². The van der Waals surface area contributed by atoms with Crippen LogP contribution in [-0.2, 0) is 22.5 Å². The van der Waals surface area contributed by atoms with Crippen LogP contribution in [0.15, 0.2) is 43.0 Å². The number of carbonyl (C=O) groups is 1. The number of anilines is 2. The summed E-state index contributed by atoms with van der Waals surface area (Å²) in [6.45, 7) is 13.7. The highest BCUT2D eigenvalue weighted by Gasteiger charge is 2.38. The van der Waals surface area contributed by atoms with E-state index in [9.17, 15) is 14.4 Å². The number of likely N-dealkylation sites (N-methyl/N-ethyl adjacent to an activating group) is 1. The zero-order valence-corrected chi connectivity index (χ0v) is 27.7. The molecule has 5 heterocycles. The van der Waals surface area contributed by atoms with E-state index in [1.54, 1.807) is 0 Å². The third-order valence-corrected chi connectivity index (χ3v) is 10.2. The summed E-state index contributed by atoms with van der Waals surface area (Å²) >= 11 is 0. The molecule has 0 aliphatic carbocycles. The summed E-state index contributed by atoms with van der Waals surface area (Å²) in [5.41, 5.74) is 3.87. The molecule has 11 nitrogen and oxygen atoms in total. The van der Waals surface area contributed by atoms with Crippen molar-refractivity contribution in [2.75, 3.05) is 62.8 Å². The van der Waals surface area contributed by atoms with Gasteiger partial charge < -0.3 is 24.2 Å². The Morgan fingerprint density at radius 2 is 2.04 bits per heavy atom. The molecule has 2 atom stereocenters. The second kappa shape index (κ2) is 13.4. The molecule has 0 saturated carbocycles. The summed E-state index contributed by atoms with van der Waals surface area (Å²) < 4.78 is 25.8. The van der Waals surface area contributed by atoms with Gasteiger partial charge in [-0.05, 0) is 39.3 Å². The Balaban J connectivity index is 1.34. The van der Waals surface area contributed by atoms with Gasteiger partial charge in [0.1, 0.15) is 12.4 Å². The first-order valence-electron chi connectivity index (χ1n) is 16.3. The Labute approximate surface area is 275 Å². The Hall–Kier alpha value is -4.34. The molecule has 0 bridgehead atoms. The van der Waals surface area contributed by atoms with Crippen molar-refractivity contribution >= 4 is 28.2 Å². The molecule has 12 heteroatoms. The number of fused-ring (bicyclic) bond motifs is 2. The van der Waals surface area contributed by atoms with E-state index in [0.717, 1.165) is 41.1 Å². The molecular formula is C35H43FN8O3. The van der Waals surface area contributed by atoms with Gasteiger partial charge >= 0.3 is 6.01 Å². The number of benzene rings is 1. The van der Waals surface area contributed by atoms with E-state index < -0.39 is 17.8 Å². The lowest BCUT2D eigenvalue weighted by Gasteiger charge is -2.45. The first-order valence-corrected chi connectivity index (χ1v) is 16.3. The summed E-state index contributed by atoms with van der Waals surface area (Å²) in [4.78, 5) is 35.3. The summed E-state index contributed by atoms with van der Waals surface area (Å²) in [6, 6.07) is 8.54. The van der Waals surface area contributed by atoms with Crippen molar-refractivity contribution in [3.05, 3.63) is 59.8 Å². The first kappa shape index (κ1) is 32.6. The lowest BCUT2D eigenvalue weighted by Crippen LogP contribution is -2.59. The van der Waals surface area contributed by atoms with Gasteiger partial charge in [0, 0.05) is 48.7 Å². The van der Waals surface area contributed by atoms with Crippen LogP contribution in [0.3, 0.4) is 0 Å². The number of ether oxygens (including phenoxy) is 2. The van der Waals surface area contributed by atoms with Crippen molar-refractivity contribution in [2.24, 2.45) is 0 Å². The van der Waals surface area contributed by atoms with Crippen LogP contribution in [0, 0.1) is 18.3 Å². The topological polar surface area (TPSA) is 111 Å². The molecule has 1 aromatic carbocycles. The quantitative estimate of drug-likeness (QED) is 0.299. The minimum absolute atomic E-state index is 0.0689. The Morgan fingerprint density at radius 1 is 1.23 bits per heavy atom. The molecule has 1 unspecified atom stereocenters. The highest BCUT2D eigenvalue weighted by atomic mass is 19.1. The SMILES string of the molecule is C=C(F)C(=O)N1CCN(c2nc(OCC(C)(CC)N(C)C3COC3)nc3c2CCN(c2cncc4cccc(C)c24)C3)C[C@@H]1CC#N. The summed E-state index contributed by atoms with van der Waals surface area (Å²) in [6.07, 6.45) is 5.44. The zero-order valence-electron chi connectivity index (χ0n) is 27.7. The van der Waals surface area contributed by atoms with Crippen LogP contribution in [0.4, 0.5) is 15.9 Å². The molecule has 2 saturated heterocycles. The number of halogens is 1. The maximum atomic E-state index is 13.9. The van der Waals surface area contributed by atoms with E-state index in [2.05, 4.69) is 72.3 Å². The van der Waals surface area contributed by atoms with Crippen molar-refractivity contribution in [3.63, 3.8) is 0 Å². The lowest BCUT2D eigenvalue weighted by molar-refractivity contribution is -0.131. The van der Waals surface area contributed by atoms with Crippen LogP contribution in [0.25, 0.3) is 10.8 Å². The average molecular weight is 643 g/mol. The smallest absolute Gasteiger partial charge is 0.318 e. The molecule has 47 heavy (non-hydrogen) atoms. The second-order valence-electron chi connectivity index (χ2n) is 13.1. The van der Waals surface area contributed by atoms with Crippen molar-refractivity contribution in [3.8, 4) is 12.1 Å². The molecule has 2 fully saturated rings. The number of pyridine rings is 1. The molecule has 3 aliphatic heterocycles. The van der Waals surface area contributed by atoms with E-state index >= 15 is 0 Å². The zero-order chi connectivity index (χ0) is 33.3. The largest absolute Gasteiger partial charge is 0.461 e. The number of rotatable bonds is 10. The van der Waals surface area contributed by atoms with Gasteiger partial charge in [-0.1, -0.05) is 31.7 Å². The van der Waals surface area contributed by atoms with Gasteiger partial charge in [0.05, 0.1) is 67.4 Å². The minimum atomic E-state index is -1.02. The van der Waals surface area contributed by atoms with Crippen LogP contribution in [0.2, 0.25) is 0 Å². The molecule has 248 valence electrons. The molecule has 2 aromatic heterocycles. The van der Waals surface area contributed by atoms with Gasteiger partial charge in [-0.2, -0.15) is 15.2 Å². The maximum absolute atomic E-state index is 13.9. The van der Waals surface area contributed by atoms with E-state index in [-0.39, 0.29) is 18.5 Å². The fourth-order valence-electron chi connectivity index (χ4n) is 6.87. The number of amides is 1. The number of carbonyl (C=O) groups excluding carboxylic acids is 1. The molecular weight excluding hydrogens is 599 g/mol. The number of piperazine rings is 1. The average Bonchev–Trinajstić information content (AvgIpc) is 3.05. The predicted molar refractivity (Wildman–Crippen MR) is 178 cm³/mol. The van der Waals surface area contributed by atoms with Gasteiger partial charge in [-0.25, -0.2) is 4.39 Å². The molecule has 0 N–H and O–H groups in total. The third kappa shape index (κ3) is 6.34. The van der Waals surface area contributed by atoms with E-state index in [1.165, 1.54) is 15.8 Å². The Kier molecular flexibility index (Phi) is 9.30. The van der Waals surface area contributed by atoms with Crippen LogP contribution < -0.4 is 14.5 Å². The summed E-state index contributed by atoms with van der Waals surface area (Å²) in [7, 11) is 2.11. The molecule has 0 radical (unpaired) electrons. The minimum Gasteiger partial charge on any atom is -0.461 e. The molecule has 0 spiro atoms. The van der Waals surface area contributed by atoms with Crippen molar-refractivity contribution < 1.29 is 18.7 Å². The van der Waals surface area contributed by atoms with E-state index in [4.69, 9.17) is 19.4 Å². The normalized spacial score (nSPS) is 19.6. The highest BCUT2D eigenvalue weighted by Crippen LogP contribution is 2.36. The lowest BCUT2D eigenvalue weighted by atomic mass is 9.95. The summed E-state index contributed by atoms with van der Waals surface area (Å²) in [5, 5.41) is 11.8. The number of hydrogen-bond donors (Lipinski definition) is 0. The third-order valence-electron chi connectivity index (χ3n) is 10.2. The summed E-state index contributed by atoms with van der Waals surface area (Å²) in [5.74, 6) is -1.05. The van der Waals surface area contributed by atoms with Crippen molar-refractivity contribution in [2.45, 2.75) is 64.2 Å². The Bertz CT molecular complexity index is 1700. The van der Waals surface area contributed by atoms with E-state index in [1.807, 2.05) is 18.5 Å². The van der Waals surface area contributed by atoms with Crippen LogP contribution in [0.5, 0.6) is 6.01 Å². The second-order valence-corrected chi connectivity index (χ2v) is 13.1. The Morgan fingerprint density at radius 3 is 2.74 bits per heavy atom. The first-order chi connectivity index (χ1) is 22.6. The van der Waals surface area contributed by atoms with Crippen LogP contribution in [0.1, 0.15) is 43.5 Å². The van der Waals surface area contributed by atoms with Crippen LogP contribution >= 0.6 is 0 Å². The molecule has 3 aromatic rings. The standard InChI is InChI=1S/C35H43FN8O3/c1-6-35(4,41(5)27-20-46-21-27)22-47-34-39-29-19-42(30-17-38-16-25-9-7-8-23(2)31(25)30)13-11-28(29)32(40-34)43-14-15-44(33(45)24(3)36)26(18-43)10-12-37/h7-9,16-17,26-27H,3,6,10-11,13-15,18-22H2,1-2,4-5H3/t26-,35?/m0/s1. The molecule has 1 amide bonds. The number of aromatic nitrogens is 3.